The third-order valence-electron chi connectivity index (χ3n) is 4.44. The van der Waals surface area contributed by atoms with E-state index in [1.807, 2.05) is 6.92 Å². The van der Waals surface area contributed by atoms with Crippen molar-refractivity contribution in [2.45, 2.75) is 57.7 Å². The minimum atomic E-state index is -0.558. The summed E-state index contributed by atoms with van der Waals surface area (Å²) >= 11 is 3.20. The molecule has 0 radical (unpaired) electrons. The number of hydrogen-bond acceptors (Lipinski definition) is 2. The van der Waals surface area contributed by atoms with Crippen LogP contribution in [0.5, 0.6) is 0 Å². The largest absolute Gasteiger partial charge is 0.390 e. The molecule has 0 aliphatic heterocycles. The van der Waals surface area contributed by atoms with Crippen LogP contribution in [0.25, 0.3) is 0 Å². The lowest BCUT2D eigenvalue weighted by Gasteiger charge is -2.43. The zero-order valence-corrected chi connectivity index (χ0v) is 14.3. The van der Waals surface area contributed by atoms with Gasteiger partial charge in [-0.2, -0.15) is 0 Å². The van der Waals surface area contributed by atoms with Gasteiger partial charge in [0.1, 0.15) is 5.82 Å². The van der Waals surface area contributed by atoms with Crippen molar-refractivity contribution in [3.8, 4) is 0 Å². The minimum absolute atomic E-state index is 0.279. The molecule has 2 nitrogen and oxygen atoms in total. The Labute approximate surface area is 134 Å². The summed E-state index contributed by atoms with van der Waals surface area (Å²) in [6, 6.07) is 4.91. The molecular weight excluding hydrogens is 335 g/mol. The maximum atomic E-state index is 13.3. The molecule has 2 rings (SSSR count). The fourth-order valence-corrected chi connectivity index (χ4v) is 3.86. The first-order valence-electron chi connectivity index (χ1n) is 7.73. The summed E-state index contributed by atoms with van der Waals surface area (Å²) in [6.07, 6.45) is 4.01. The van der Waals surface area contributed by atoms with E-state index in [4.69, 9.17) is 4.74 Å². The number of aliphatic hydroxyl groups excluding tert-OH is 1. The van der Waals surface area contributed by atoms with Gasteiger partial charge in [0.05, 0.1) is 16.2 Å². The van der Waals surface area contributed by atoms with Crippen LogP contribution in [0.1, 0.15) is 45.1 Å². The van der Waals surface area contributed by atoms with Gasteiger partial charge >= 0.3 is 0 Å². The van der Waals surface area contributed by atoms with E-state index in [0.717, 1.165) is 24.8 Å². The van der Waals surface area contributed by atoms with Crippen LogP contribution in [0.2, 0.25) is 0 Å². The summed E-state index contributed by atoms with van der Waals surface area (Å²) in [4.78, 5) is 0. The Kier molecular flexibility index (Phi) is 5.81. The number of benzene rings is 1. The van der Waals surface area contributed by atoms with Gasteiger partial charge in [0.15, 0.2) is 0 Å². The molecule has 1 aliphatic carbocycles. The third-order valence-corrected chi connectivity index (χ3v) is 5.05. The number of hydrogen-bond donors (Lipinski definition) is 1. The van der Waals surface area contributed by atoms with Gasteiger partial charge in [-0.05, 0) is 59.3 Å². The van der Waals surface area contributed by atoms with Crippen LogP contribution in [-0.4, -0.2) is 23.4 Å². The van der Waals surface area contributed by atoms with E-state index >= 15 is 0 Å². The number of halogens is 2. The predicted molar refractivity (Wildman–Crippen MR) is 85.8 cm³/mol. The van der Waals surface area contributed by atoms with Gasteiger partial charge in [-0.15, -0.1) is 0 Å². The quantitative estimate of drug-likeness (QED) is 0.840. The Hall–Kier alpha value is -0.450. The molecule has 0 aromatic heterocycles. The van der Waals surface area contributed by atoms with Crippen LogP contribution in [0.3, 0.4) is 0 Å². The predicted octanol–water partition coefficient (Wildman–Crippen LogP) is 4.48. The molecule has 0 bridgehead atoms. The normalized spacial score (nSPS) is 27.6. The van der Waals surface area contributed by atoms with Crippen LogP contribution in [0.4, 0.5) is 4.39 Å². The van der Waals surface area contributed by atoms with E-state index in [9.17, 15) is 9.50 Å². The molecule has 1 saturated carbocycles. The van der Waals surface area contributed by atoms with Crippen molar-refractivity contribution in [1.82, 2.24) is 0 Å². The van der Waals surface area contributed by atoms with Crippen molar-refractivity contribution in [3.05, 3.63) is 34.1 Å². The second-order valence-corrected chi connectivity index (χ2v) is 7.02. The summed E-state index contributed by atoms with van der Waals surface area (Å²) in [5.74, 6) is 0.291. The lowest BCUT2D eigenvalue weighted by molar-refractivity contribution is -0.147. The fourth-order valence-electron chi connectivity index (χ4n) is 3.44. The summed E-state index contributed by atoms with van der Waals surface area (Å²) in [7, 11) is 0. The number of rotatable bonds is 5. The molecule has 1 aromatic rings. The van der Waals surface area contributed by atoms with E-state index in [0.29, 0.717) is 23.4 Å². The van der Waals surface area contributed by atoms with Gasteiger partial charge in [-0.25, -0.2) is 4.39 Å². The molecule has 1 aliphatic rings. The third kappa shape index (κ3) is 4.05. The molecule has 1 N–H and O–H groups in total. The van der Waals surface area contributed by atoms with E-state index in [2.05, 4.69) is 22.9 Å². The summed E-state index contributed by atoms with van der Waals surface area (Å²) < 4.78 is 19.7. The molecule has 21 heavy (non-hydrogen) atoms. The molecule has 1 aromatic carbocycles. The Balaban J connectivity index is 2.14. The van der Waals surface area contributed by atoms with Gasteiger partial charge in [-0.3, -0.25) is 0 Å². The molecule has 1 fully saturated rings. The van der Waals surface area contributed by atoms with Crippen LogP contribution in [0.15, 0.2) is 22.7 Å². The topological polar surface area (TPSA) is 29.5 Å². The minimum Gasteiger partial charge on any atom is -0.390 e. The van der Waals surface area contributed by atoms with Crippen molar-refractivity contribution in [1.29, 1.82) is 0 Å². The first-order valence-corrected chi connectivity index (χ1v) is 8.52. The molecule has 0 heterocycles. The molecule has 3 atom stereocenters. The maximum Gasteiger partial charge on any atom is 0.137 e. The van der Waals surface area contributed by atoms with Gasteiger partial charge in [0.2, 0.25) is 0 Å². The van der Waals surface area contributed by atoms with Crippen molar-refractivity contribution < 1.29 is 14.2 Å². The van der Waals surface area contributed by atoms with Crippen LogP contribution < -0.4 is 0 Å². The summed E-state index contributed by atoms with van der Waals surface area (Å²) in [5, 5.41) is 10.8. The molecule has 0 amide bonds. The molecule has 0 saturated heterocycles. The number of ether oxygens (including phenoxy) is 1. The number of aliphatic hydroxyl groups is 1. The van der Waals surface area contributed by atoms with E-state index in [1.54, 1.807) is 12.1 Å². The van der Waals surface area contributed by atoms with Crippen molar-refractivity contribution in [2.24, 2.45) is 5.92 Å². The fraction of sp³-hybridized carbons (Fsp3) is 0.647. The van der Waals surface area contributed by atoms with Crippen molar-refractivity contribution >= 4 is 15.9 Å². The standard InChI is InChI=1S/C17H24BrFO2/c1-3-21-17(8-4-5-12(2)11-17)16(20)10-13-6-7-15(19)14(18)9-13/h6-7,9,12,16,20H,3-5,8,10-11H2,1-2H3. The van der Waals surface area contributed by atoms with E-state index < -0.39 is 11.7 Å². The van der Waals surface area contributed by atoms with Crippen LogP contribution >= 0.6 is 15.9 Å². The molecule has 3 unspecified atom stereocenters. The highest BCUT2D eigenvalue weighted by molar-refractivity contribution is 9.10. The average Bonchev–Trinajstić information content (AvgIpc) is 2.43. The summed E-state index contributed by atoms with van der Waals surface area (Å²) in [5.41, 5.74) is 0.473. The highest BCUT2D eigenvalue weighted by Crippen LogP contribution is 2.38. The lowest BCUT2D eigenvalue weighted by atomic mass is 9.74. The van der Waals surface area contributed by atoms with E-state index in [-0.39, 0.29) is 5.82 Å². The van der Waals surface area contributed by atoms with Gasteiger partial charge in [0, 0.05) is 13.0 Å². The highest BCUT2D eigenvalue weighted by Gasteiger charge is 2.41. The molecule has 4 heteroatoms. The molecular formula is C17H24BrFO2. The smallest absolute Gasteiger partial charge is 0.137 e. The Bertz CT molecular complexity index is 476. The Morgan fingerprint density at radius 2 is 2.29 bits per heavy atom. The van der Waals surface area contributed by atoms with E-state index in [1.165, 1.54) is 12.5 Å². The monoisotopic (exact) mass is 358 g/mol. The lowest BCUT2D eigenvalue weighted by Crippen LogP contribution is -2.49. The zero-order valence-electron chi connectivity index (χ0n) is 12.7. The second-order valence-electron chi connectivity index (χ2n) is 6.17. The van der Waals surface area contributed by atoms with Crippen LogP contribution in [-0.2, 0) is 11.2 Å². The summed E-state index contributed by atoms with van der Waals surface area (Å²) in [6.45, 7) is 4.80. The van der Waals surface area contributed by atoms with Crippen LogP contribution in [0, 0.1) is 11.7 Å². The van der Waals surface area contributed by atoms with Gasteiger partial charge in [0.25, 0.3) is 0 Å². The van der Waals surface area contributed by atoms with Crippen molar-refractivity contribution in [3.63, 3.8) is 0 Å². The first kappa shape index (κ1) is 16.9. The Morgan fingerprint density at radius 3 is 2.90 bits per heavy atom. The van der Waals surface area contributed by atoms with Gasteiger partial charge in [-0.1, -0.05) is 25.8 Å². The zero-order chi connectivity index (χ0) is 15.5. The highest BCUT2D eigenvalue weighted by atomic mass is 79.9. The van der Waals surface area contributed by atoms with Crippen molar-refractivity contribution in [2.75, 3.05) is 6.61 Å². The molecule has 118 valence electrons. The average molecular weight is 359 g/mol. The SMILES string of the molecule is CCOC1(C(O)Cc2ccc(F)c(Br)c2)CCCC(C)C1. The maximum absolute atomic E-state index is 13.3. The molecule has 0 spiro atoms. The first-order chi connectivity index (χ1) is 9.97. The van der Waals surface area contributed by atoms with Gasteiger partial charge < -0.3 is 9.84 Å². The Morgan fingerprint density at radius 1 is 1.52 bits per heavy atom. The second kappa shape index (κ2) is 7.21.